The first-order valence-corrected chi connectivity index (χ1v) is 12.6. The summed E-state index contributed by atoms with van der Waals surface area (Å²) in [6.45, 7) is 0.249. The van der Waals surface area contributed by atoms with Crippen LogP contribution in [0.5, 0.6) is 0 Å². The molecule has 0 aliphatic heterocycles. The van der Waals surface area contributed by atoms with E-state index in [0.717, 1.165) is 0 Å². The molecule has 4 aromatic rings. The molecule has 0 bridgehead atoms. The maximum absolute atomic E-state index is 12.9. The average Bonchev–Trinajstić information content (AvgIpc) is 3.47. The van der Waals surface area contributed by atoms with E-state index in [0.29, 0.717) is 37.6 Å². The zero-order valence-electron chi connectivity index (χ0n) is 17.4. The van der Waals surface area contributed by atoms with Gasteiger partial charge in [0.25, 0.3) is 5.56 Å². The van der Waals surface area contributed by atoms with E-state index < -0.39 is 10.8 Å². The van der Waals surface area contributed by atoms with E-state index in [1.54, 1.807) is 54.9 Å². The van der Waals surface area contributed by atoms with Crippen LogP contribution >= 0.6 is 22.9 Å². The summed E-state index contributed by atoms with van der Waals surface area (Å²) in [5.41, 5.74) is 7.23. The summed E-state index contributed by atoms with van der Waals surface area (Å²) in [5, 5.41) is 8.33. The summed E-state index contributed by atoms with van der Waals surface area (Å²) in [6.07, 6.45) is 4.05. The first-order chi connectivity index (χ1) is 16.0. The minimum absolute atomic E-state index is 0.0103. The van der Waals surface area contributed by atoms with Gasteiger partial charge in [-0.2, -0.15) is 0 Å². The van der Waals surface area contributed by atoms with Gasteiger partial charge in [-0.3, -0.25) is 18.4 Å². The molecule has 1 aromatic carbocycles. The molecular weight excluding hydrogens is 482 g/mol. The van der Waals surface area contributed by atoms with E-state index in [4.69, 9.17) is 17.3 Å². The predicted molar refractivity (Wildman–Crippen MR) is 129 cm³/mol. The van der Waals surface area contributed by atoms with Crippen LogP contribution in [0.15, 0.2) is 70.6 Å². The Kier molecular flexibility index (Phi) is 7.29. The molecule has 0 radical (unpaired) electrons. The second-order valence-corrected chi connectivity index (χ2v) is 10.3. The molecule has 0 saturated carbocycles. The highest BCUT2D eigenvalue weighted by Crippen LogP contribution is 2.24. The molecule has 11 heteroatoms. The van der Waals surface area contributed by atoms with Gasteiger partial charge in [0, 0.05) is 43.1 Å². The molecule has 0 fully saturated rings. The molecule has 170 valence electrons. The standard InChI is InChI=1S/C22H20ClN5O3S2/c23-21-9-8-19(32-21)18(29)7-4-15-14-28(26-25-15)17-6-5-16(13-20(17)33(31)12-10-24)27-11-2-1-3-22(27)30/h1-3,5-6,8-9,11,13-14H,4,7,10,12,24H2. The molecule has 0 saturated heterocycles. The number of halogens is 1. The third kappa shape index (κ3) is 5.36. The van der Waals surface area contributed by atoms with Crippen molar-refractivity contribution in [3.05, 3.63) is 86.2 Å². The number of thiophene rings is 1. The molecule has 0 aliphatic carbocycles. The zero-order chi connectivity index (χ0) is 23.4. The van der Waals surface area contributed by atoms with Crippen LogP contribution in [0.2, 0.25) is 4.34 Å². The minimum atomic E-state index is -1.40. The number of aryl methyl sites for hydroxylation is 1. The molecular formula is C22H20ClN5O3S2. The second kappa shape index (κ2) is 10.3. The fraction of sp³-hybridized carbons (Fsp3) is 0.182. The monoisotopic (exact) mass is 501 g/mol. The molecule has 8 nitrogen and oxygen atoms in total. The third-order valence-corrected chi connectivity index (χ3v) is 7.53. The number of aromatic nitrogens is 4. The summed E-state index contributed by atoms with van der Waals surface area (Å²) in [5.74, 6) is 0.253. The van der Waals surface area contributed by atoms with E-state index in [-0.39, 0.29) is 30.1 Å². The summed E-state index contributed by atoms with van der Waals surface area (Å²) in [4.78, 5) is 25.7. The van der Waals surface area contributed by atoms with Crippen LogP contribution < -0.4 is 11.3 Å². The van der Waals surface area contributed by atoms with Gasteiger partial charge in [0.05, 0.1) is 42.5 Å². The highest BCUT2D eigenvalue weighted by molar-refractivity contribution is 7.85. The molecule has 2 N–H and O–H groups in total. The fourth-order valence-electron chi connectivity index (χ4n) is 3.24. The average molecular weight is 502 g/mol. The van der Waals surface area contributed by atoms with Crippen LogP contribution in [-0.4, -0.2) is 41.9 Å². The summed E-state index contributed by atoms with van der Waals surface area (Å²) in [6, 6.07) is 13.5. The van der Waals surface area contributed by atoms with E-state index in [9.17, 15) is 13.8 Å². The van der Waals surface area contributed by atoms with Gasteiger partial charge in [-0.25, -0.2) is 4.68 Å². The first kappa shape index (κ1) is 23.2. The number of Topliss-reactive ketones (excluding diaryl/α,β-unsaturated/α-hetero) is 1. The molecule has 0 spiro atoms. The third-order valence-electron chi connectivity index (χ3n) is 4.84. The number of carbonyl (C=O) groups is 1. The number of nitrogens with zero attached hydrogens (tertiary/aromatic N) is 4. The Morgan fingerprint density at radius 1 is 1.18 bits per heavy atom. The van der Waals surface area contributed by atoms with Crippen LogP contribution in [-0.2, 0) is 17.2 Å². The Morgan fingerprint density at radius 3 is 2.76 bits per heavy atom. The van der Waals surface area contributed by atoms with Crippen molar-refractivity contribution in [2.24, 2.45) is 5.73 Å². The van der Waals surface area contributed by atoms with Gasteiger partial charge in [0.15, 0.2) is 5.78 Å². The molecule has 3 aromatic heterocycles. The lowest BCUT2D eigenvalue weighted by atomic mass is 10.1. The Labute approximate surface area is 201 Å². The second-order valence-electron chi connectivity index (χ2n) is 7.08. The lowest BCUT2D eigenvalue weighted by molar-refractivity contribution is 0.0986. The van der Waals surface area contributed by atoms with Crippen LogP contribution in [0.3, 0.4) is 0 Å². The van der Waals surface area contributed by atoms with Crippen LogP contribution in [0, 0.1) is 0 Å². The van der Waals surface area contributed by atoms with Crippen molar-refractivity contribution >= 4 is 39.5 Å². The SMILES string of the molecule is NCCS(=O)c1cc(-n2ccccc2=O)ccc1-n1cc(CCC(=O)c2ccc(Cl)s2)nn1. The number of hydrogen-bond acceptors (Lipinski definition) is 7. The van der Waals surface area contributed by atoms with Crippen LogP contribution in [0.4, 0.5) is 0 Å². The lowest BCUT2D eigenvalue weighted by Crippen LogP contribution is -2.17. The Hall–Kier alpha value is -2.92. The van der Waals surface area contributed by atoms with Crippen molar-refractivity contribution in [3.63, 3.8) is 0 Å². The topological polar surface area (TPSA) is 113 Å². The highest BCUT2D eigenvalue weighted by Gasteiger charge is 2.16. The van der Waals surface area contributed by atoms with E-state index >= 15 is 0 Å². The van der Waals surface area contributed by atoms with Gasteiger partial charge in [-0.1, -0.05) is 22.9 Å². The Balaban J connectivity index is 1.61. The molecule has 1 atom stereocenters. The van der Waals surface area contributed by atoms with Crippen molar-refractivity contribution < 1.29 is 9.00 Å². The van der Waals surface area contributed by atoms with Gasteiger partial charge in [-0.05, 0) is 36.4 Å². The number of rotatable bonds is 9. The van der Waals surface area contributed by atoms with E-state index in [2.05, 4.69) is 10.3 Å². The molecule has 3 heterocycles. The maximum atomic E-state index is 12.9. The predicted octanol–water partition coefficient (Wildman–Crippen LogP) is 3.01. The number of ketones is 1. The highest BCUT2D eigenvalue weighted by atomic mass is 35.5. The van der Waals surface area contributed by atoms with Crippen LogP contribution in [0.1, 0.15) is 21.8 Å². The number of nitrogens with two attached hydrogens (primary N) is 1. The Morgan fingerprint density at radius 2 is 2.03 bits per heavy atom. The van der Waals surface area contributed by atoms with Gasteiger partial charge in [-0.15, -0.1) is 16.4 Å². The summed E-state index contributed by atoms with van der Waals surface area (Å²) in [7, 11) is -1.40. The van der Waals surface area contributed by atoms with Crippen molar-refractivity contribution in [3.8, 4) is 11.4 Å². The number of hydrogen-bond donors (Lipinski definition) is 1. The van der Waals surface area contributed by atoms with Gasteiger partial charge >= 0.3 is 0 Å². The van der Waals surface area contributed by atoms with Crippen LogP contribution in [0.25, 0.3) is 11.4 Å². The normalized spacial score (nSPS) is 12.1. The van der Waals surface area contributed by atoms with Crippen molar-refractivity contribution in [2.75, 3.05) is 12.3 Å². The molecule has 33 heavy (non-hydrogen) atoms. The van der Waals surface area contributed by atoms with Crippen molar-refractivity contribution in [1.82, 2.24) is 19.6 Å². The quantitative estimate of drug-likeness (QED) is 0.353. The molecule has 1 unspecified atom stereocenters. The summed E-state index contributed by atoms with van der Waals surface area (Å²) < 4.78 is 16.5. The largest absolute Gasteiger partial charge is 0.330 e. The first-order valence-electron chi connectivity index (χ1n) is 10.1. The number of pyridine rings is 1. The van der Waals surface area contributed by atoms with Gasteiger partial charge in [0.2, 0.25) is 0 Å². The van der Waals surface area contributed by atoms with Gasteiger partial charge in [0.1, 0.15) is 0 Å². The van der Waals surface area contributed by atoms with E-state index in [1.807, 2.05) is 0 Å². The smallest absolute Gasteiger partial charge is 0.255 e. The number of benzene rings is 1. The minimum Gasteiger partial charge on any atom is -0.330 e. The Bertz CT molecular complexity index is 1380. The molecule has 4 rings (SSSR count). The lowest BCUT2D eigenvalue weighted by Gasteiger charge is -2.12. The summed E-state index contributed by atoms with van der Waals surface area (Å²) >= 11 is 7.15. The zero-order valence-corrected chi connectivity index (χ0v) is 19.8. The molecule has 0 amide bonds. The van der Waals surface area contributed by atoms with Gasteiger partial charge < -0.3 is 5.73 Å². The number of carbonyl (C=O) groups excluding carboxylic acids is 1. The van der Waals surface area contributed by atoms with Crippen molar-refractivity contribution in [1.29, 1.82) is 0 Å². The fourth-order valence-corrected chi connectivity index (χ4v) is 5.33. The van der Waals surface area contributed by atoms with E-state index in [1.165, 1.54) is 26.7 Å². The van der Waals surface area contributed by atoms with Crippen molar-refractivity contribution in [2.45, 2.75) is 17.7 Å². The molecule has 0 aliphatic rings. The maximum Gasteiger partial charge on any atom is 0.255 e.